The summed E-state index contributed by atoms with van der Waals surface area (Å²) >= 11 is 0. The van der Waals surface area contributed by atoms with Gasteiger partial charge in [0.2, 0.25) is 20.0 Å². The van der Waals surface area contributed by atoms with Gasteiger partial charge in [-0.2, -0.15) is 0 Å². The second kappa shape index (κ2) is 4.92. The van der Waals surface area contributed by atoms with Crippen LogP contribution in [-0.2, 0) is 24.8 Å². The maximum Gasteiger partial charge on any atom is 0.320 e. The van der Waals surface area contributed by atoms with E-state index in [-0.39, 0.29) is 10.6 Å². The van der Waals surface area contributed by atoms with Crippen LogP contribution in [0.15, 0.2) is 29.2 Å². The van der Waals surface area contributed by atoms with Gasteiger partial charge in [0, 0.05) is 5.69 Å². The van der Waals surface area contributed by atoms with Gasteiger partial charge in [-0.1, -0.05) is 6.07 Å². The Kier molecular flexibility index (Phi) is 3.94. The van der Waals surface area contributed by atoms with Crippen molar-refractivity contribution in [3.8, 4) is 0 Å². The Morgan fingerprint density at radius 3 is 2.39 bits per heavy atom. The second-order valence-electron chi connectivity index (χ2n) is 3.33. The van der Waals surface area contributed by atoms with Gasteiger partial charge in [-0.3, -0.25) is 9.52 Å². The molecule has 0 saturated heterocycles. The van der Waals surface area contributed by atoms with Crippen molar-refractivity contribution in [1.29, 1.82) is 0 Å². The molecule has 1 rings (SSSR count). The molecular formula is C8H10N2O6S2. The lowest BCUT2D eigenvalue weighted by atomic mass is 10.3. The first-order valence-corrected chi connectivity index (χ1v) is 7.65. The predicted octanol–water partition coefficient (Wildman–Crippen LogP) is -0.840. The average molecular weight is 294 g/mol. The summed E-state index contributed by atoms with van der Waals surface area (Å²) in [5.74, 6) is -2.64. The molecule has 0 heterocycles. The van der Waals surface area contributed by atoms with E-state index >= 15 is 0 Å². The molecule has 10 heteroatoms. The third-order valence-corrected chi connectivity index (χ3v) is 3.83. The van der Waals surface area contributed by atoms with Crippen LogP contribution in [0.25, 0.3) is 0 Å². The molecule has 0 radical (unpaired) electrons. The smallest absolute Gasteiger partial charge is 0.320 e. The molecule has 0 fully saturated rings. The second-order valence-corrected chi connectivity index (χ2v) is 6.61. The van der Waals surface area contributed by atoms with Crippen LogP contribution in [-0.4, -0.2) is 33.7 Å². The Morgan fingerprint density at radius 2 is 1.89 bits per heavy atom. The first kappa shape index (κ1) is 14.4. The predicted molar refractivity (Wildman–Crippen MR) is 62.9 cm³/mol. The largest absolute Gasteiger partial charge is 0.480 e. The minimum Gasteiger partial charge on any atom is -0.480 e. The minimum absolute atomic E-state index is 0.0808. The van der Waals surface area contributed by atoms with Crippen LogP contribution in [0.4, 0.5) is 5.69 Å². The van der Waals surface area contributed by atoms with Gasteiger partial charge in [0.25, 0.3) is 0 Å². The van der Waals surface area contributed by atoms with E-state index in [1.807, 2.05) is 4.72 Å². The molecule has 0 unspecified atom stereocenters. The van der Waals surface area contributed by atoms with Gasteiger partial charge in [0.15, 0.2) is 5.75 Å². The molecule has 4 N–H and O–H groups in total. The summed E-state index contributed by atoms with van der Waals surface area (Å²) in [4.78, 5) is 10.0. The number of rotatable bonds is 5. The number of carboxylic acids is 1. The van der Waals surface area contributed by atoms with Crippen molar-refractivity contribution in [2.24, 2.45) is 5.14 Å². The molecule has 0 spiro atoms. The van der Waals surface area contributed by atoms with Crippen LogP contribution in [0.5, 0.6) is 0 Å². The summed E-state index contributed by atoms with van der Waals surface area (Å²) in [5.41, 5.74) is -0.0808. The molecule has 8 nitrogen and oxygen atoms in total. The fourth-order valence-corrected chi connectivity index (χ4v) is 2.56. The van der Waals surface area contributed by atoms with Crippen molar-refractivity contribution in [1.82, 2.24) is 0 Å². The van der Waals surface area contributed by atoms with E-state index in [4.69, 9.17) is 10.2 Å². The third kappa shape index (κ3) is 4.31. The molecule has 18 heavy (non-hydrogen) atoms. The van der Waals surface area contributed by atoms with Crippen LogP contribution >= 0.6 is 0 Å². The Hall–Kier alpha value is -1.65. The molecule has 0 aromatic heterocycles. The number of carbonyl (C=O) groups is 1. The molecule has 0 atom stereocenters. The zero-order valence-corrected chi connectivity index (χ0v) is 10.5. The lowest BCUT2D eigenvalue weighted by Crippen LogP contribution is -2.22. The lowest BCUT2D eigenvalue weighted by Gasteiger charge is -2.07. The number of anilines is 1. The molecular weight excluding hydrogens is 284 g/mol. The maximum atomic E-state index is 11.3. The number of aliphatic carboxylic acids is 1. The van der Waals surface area contributed by atoms with Crippen LogP contribution < -0.4 is 9.86 Å². The van der Waals surface area contributed by atoms with E-state index in [2.05, 4.69) is 0 Å². The summed E-state index contributed by atoms with van der Waals surface area (Å²) in [7, 11) is -8.04. The molecule has 0 saturated carbocycles. The molecule has 0 aliphatic heterocycles. The fourth-order valence-electron chi connectivity index (χ4n) is 1.11. The van der Waals surface area contributed by atoms with Gasteiger partial charge in [-0.05, 0) is 18.2 Å². The van der Waals surface area contributed by atoms with Gasteiger partial charge >= 0.3 is 5.97 Å². The summed E-state index contributed by atoms with van der Waals surface area (Å²) in [6.45, 7) is 0. The van der Waals surface area contributed by atoms with Crippen LogP contribution in [0.1, 0.15) is 0 Å². The Morgan fingerprint density at radius 1 is 1.28 bits per heavy atom. The van der Waals surface area contributed by atoms with E-state index in [1.54, 1.807) is 0 Å². The highest BCUT2D eigenvalue weighted by Gasteiger charge is 2.16. The summed E-state index contributed by atoms with van der Waals surface area (Å²) in [5, 5.41) is 13.2. The summed E-state index contributed by atoms with van der Waals surface area (Å²) in [6.07, 6.45) is 0. The number of nitrogens with two attached hydrogens (primary N) is 1. The van der Waals surface area contributed by atoms with Crippen molar-refractivity contribution < 1.29 is 26.7 Å². The maximum absolute atomic E-state index is 11.3. The monoisotopic (exact) mass is 294 g/mol. The fraction of sp³-hybridized carbons (Fsp3) is 0.125. The number of sulfonamides is 2. The van der Waals surface area contributed by atoms with E-state index < -0.39 is 31.8 Å². The molecule has 100 valence electrons. The van der Waals surface area contributed by atoms with Gasteiger partial charge in [-0.15, -0.1) is 0 Å². The Labute approximate surface area is 104 Å². The van der Waals surface area contributed by atoms with Crippen LogP contribution in [0.3, 0.4) is 0 Å². The first-order chi connectivity index (χ1) is 8.10. The van der Waals surface area contributed by atoms with Crippen molar-refractivity contribution in [3.63, 3.8) is 0 Å². The molecule has 0 aliphatic rings. The van der Waals surface area contributed by atoms with E-state index in [1.165, 1.54) is 18.2 Å². The van der Waals surface area contributed by atoms with Gasteiger partial charge in [-0.25, -0.2) is 22.0 Å². The molecule has 1 aromatic rings. The van der Waals surface area contributed by atoms with E-state index in [0.29, 0.717) is 0 Å². The number of hydrogen-bond acceptors (Lipinski definition) is 5. The number of benzene rings is 1. The zero-order chi connectivity index (χ0) is 14.0. The van der Waals surface area contributed by atoms with Crippen molar-refractivity contribution in [3.05, 3.63) is 24.3 Å². The normalized spacial score (nSPS) is 12.1. The number of primary sulfonamides is 1. The third-order valence-electron chi connectivity index (χ3n) is 1.75. The molecule has 0 aliphatic carbocycles. The topological polar surface area (TPSA) is 144 Å². The summed E-state index contributed by atoms with van der Waals surface area (Å²) < 4.78 is 46.6. The van der Waals surface area contributed by atoms with Crippen molar-refractivity contribution >= 4 is 31.7 Å². The lowest BCUT2D eigenvalue weighted by molar-refractivity contribution is -0.134. The van der Waals surface area contributed by atoms with Crippen LogP contribution in [0.2, 0.25) is 0 Å². The zero-order valence-electron chi connectivity index (χ0n) is 8.90. The van der Waals surface area contributed by atoms with Gasteiger partial charge in [0.1, 0.15) is 0 Å². The SMILES string of the molecule is NS(=O)(=O)c1cccc(NS(=O)(=O)CC(=O)O)c1. The average Bonchev–Trinajstić information content (AvgIpc) is 2.13. The molecule has 0 bridgehead atoms. The quantitative estimate of drug-likeness (QED) is 0.646. The molecule has 0 amide bonds. The van der Waals surface area contributed by atoms with Crippen molar-refractivity contribution in [2.45, 2.75) is 4.90 Å². The first-order valence-electron chi connectivity index (χ1n) is 4.45. The minimum atomic E-state index is -4.08. The standard InChI is InChI=1S/C8H10N2O6S2/c9-18(15,16)7-3-1-2-6(4-7)10-17(13,14)5-8(11)12/h1-4,10H,5H2,(H,11,12)(H2,9,15,16). The van der Waals surface area contributed by atoms with Gasteiger partial charge in [0.05, 0.1) is 4.90 Å². The van der Waals surface area contributed by atoms with E-state index in [9.17, 15) is 21.6 Å². The van der Waals surface area contributed by atoms with Gasteiger partial charge < -0.3 is 5.11 Å². The van der Waals surface area contributed by atoms with E-state index in [0.717, 1.165) is 6.07 Å². The highest BCUT2D eigenvalue weighted by atomic mass is 32.2. The summed E-state index contributed by atoms with van der Waals surface area (Å²) in [6, 6.07) is 4.73. The van der Waals surface area contributed by atoms with Crippen LogP contribution in [0, 0.1) is 0 Å². The number of nitrogens with one attached hydrogen (secondary N) is 1. The number of carboxylic acid groups (broad SMARTS) is 1. The van der Waals surface area contributed by atoms with Crippen molar-refractivity contribution in [2.75, 3.05) is 10.5 Å². The highest BCUT2D eigenvalue weighted by Crippen LogP contribution is 2.15. The Balaban J connectivity index is 3.04. The number of hydrogen-bond donors (Lipinski definition) is 3. The highest BCUT2D eigenvalue weighted by molar-refractivity contribution is 7.93. The molecule has 1 aromatic carbocycles. The Bertz CT molecular complexity index is 665.